The largest absolute Gasteiger partial charge is 0.463 e. The van der Waals surface area contributed by atoms with Crippen LogP contribution in [0.15, 0.2) is 0 Å². The highest BCUT2D eigenvalue weighted by atomic mass is 16.6. The van der Waals surface area contributed by atoms with Crippen LogP contribution in [0.4, 0.5) is 0 Å². The van der Waals surface area contributed by atoms with E-state index in [2.05, 4.69) is 0 Å². The maximum Gasteiger partial charge on any atom is 0.315 e. The van der Waals surface area contributed by atoms with Crippen LogP contribution >= 0.6 is 0 Å². The fourth-order valence-corrected chi connectivity index (χ4v) is 2.38. The fourth-order valence-electron chi connectivity index (χ4n) is 2.38. The summed E-state index contributed by atoms with van der Waals surface area (Å²) in [5.41, 5.74) is 0. The van der Waals surface area contributed by atoms with Crippen molar-refractivity contribution in [2.24, 2.45) is 5.92 Å². The lowest BCUT2D eigenvalue weighted by atomic mass is 9.93. The molecule has 0 aromatic carbocycles. The van der Waals surface area contributed by atoms with E-state index in [-0.39, 0.29) is 24.6 Å². The van der Waals surface area contributed by atoms with Gasteiger partial charge in [-0.15, -0.1) is 0 Å². The van der Waals surface area contributed by atoms with Gasteiger partial charge in [0.15, 0.2) is 0 Å². The Hall–Kier alpha value is -1.10. The topological polar surface area (TPSA) is 61.8 Å². The average Bonchev–Trinajstić information content (AvgIpc) is 2.57. The van der Waals surface area contributed by atoms with Crippen LogP contribution in [0.1, 0.15) is 32.6 Å². The normalized spacial score (nSPS) is 35.5. The van der Waals surface area contributed by atoms with Gasteiger partial charge in [-0.25, -0.2) is 0 Å². The number of hydrogen-bond acceptors (Lipinski definition) is 5. The second-order valence-corrected chi connectivity index (χ2v) is 4.54. The van der Waals surface area contributed by atoms with Gasteiger partial charge in [-0.05, 0) is 26.2 Å². The molecule has 2 saturated heterocycles. The van der Waals surface area contributed by atoms with E-state index in [0.717, 1.165) is 12.8 Å². The molecule has 2 aliphatic heterocycles. The number of hydrogen-bond donors (Lipinski definition) is 0. The summed E-state index contributed by atoms with van der Waals surface area (Å²) in [5, 5.41) is 0. The minimum absolute atomic E-state index is 0.225. The van der Waals surface area contributed by atoms with Crippen molar-refractivity contribution in [3.63, 3.8) is 0 Å². The molecule has 2 fully saturated rings. The van der Waals surface area contributed by atoms with Crippen LogP contribution in [-0.4, -0.2) is 37.4 Å². The van der Waals surface area contributed by atoms with Crippen LogP contribution in [0.3, 0.4) is 0 Å². The van der Waals surface area contributed by atoms with Crippen LogP contribution in [0.2, 0.25) is 0 Å². The molecule has 2 rings (SSSR count). The first-order valence-corrected chi connectivity index (χ1v) is 6.16. The lowest BCUT2D eigenvalue weighted by Gasteiger charge is -2.26. The predicted octanol–water partition coefficient (Wildman–Crippen LogP) is 1.05. The van der Waals surface area contributed by atoms with Crippen molar-refractivity contribution in [2.75, 3.05) is 13.2 Å². The van der Waals surface area contributed by atoms with Gasteiger partial charge >= 0.3 is 11.9 Å². The molecule has 0 aromatic rings. The highest BCUT2D eigenvalue weighted by Gasteiger charge is 2.39. The summed E-state index contributed by atoms with van der Waals surface area (Å²) in [6.07, 6.45) is 2.21. The first kappa shape index (κ1) is 12.4. The molecule has 17 heavy (non-hydrogen) atoms. The highest BCUT2D eigenvalue weighted by Crippen LogP contribution is 2.26. The van der Waals surface area contributed by atoms with E-state index >= 15 is 0 Å². The van der Waals surface area contributed by atoms with Gasteiger partial charge in [-0.1, -0.05) is 0 Å². The lowest BCUT2D eigenvalue weighted by molar-refractivity contribution is -0.162. The Balaban J connectivity index is 2.10. The molecule has 3 atom stereocenters. The average molecular weight is 242 g/mol. The number of esters is 2. The van der Waals surface area contributed by atoms with Gasteiger partial charge < -0.3 is 14.2 Å². The maximum absolute atomic E-state index is 11.8. The van der Waals surface area contributed by atoms with Crippen LogP contribution in [0.25, 0.3) is 0 Å². The molecule has 0 bridgehead atoms. The summed E-state index contributed by atoms with van der Waals surface area (Å²) < 4.78 is 15.9. The van der Waals surface area contributed by atoms with Gasteiger partial charge in [0, 0.05) is 6.42 Å². The van der Waals surface area contributed by atoms with Crippen molar-refractivity contribution in [1.29, 1.82) is 0 Å². The predicted molar refractivity (Wildman–Crippen MR) is 58.2 cm³/mol. The van der Waals surface area contributed by atoms with Gasteiger partial charge in [0.25, 0.3) is 0 Å². The zero-order valence-electron chi connectivity index (χ0n) is 10.0. The molecule has 0 N–H and O–H groups in total. The SMILES string of the molecule is CC1OCCOC(=O)C1C1CCCCC(=O)O1. The molecule has 5 heteroatoms. The Bertz CT molecular complexity index is 301. The third kappa shape index (κ3) is 2.97. The molecule has 0 aromatic heterocycles. The van der Waals surface area contributed by atoms with Crippen molar-refractivity contribution in [1.82, 2.24) is 0 Å². The summed E-state index contributed by atoms with van der Waals surface area (Å²) in [7, 11) is 0. The maximum atomic E-state index is 11.8. The standard InChI is InChI=1S/C12H18O5/c1-8-11(12(14)16-7-6-15-8)9-4-2-3-5-10(13)17-9/h8-9,11H,2-7H2,1H3. The van der Waals surface area contributed by atoms with Crippen molar-refractivity contribution in [3.05, 3.63) is 0 Å². The van der Waals surface area contributed by atoms with Crippen molar-refractivity contribution in [2.45, 2.75) is 44.8 Å². The monoisotopic (exact) mass is 242 g/mol. The smallest absolute Gasteiger partial charge is 0.315 e. The molecule has 0 spiro atoms. The van der Waals surface area contributed by atoms with E-state index in [1.54, 1.807) is 0 Å². The van der Waals surface area contributed by atoms with E-state index in [4.69, 9.17) is 14.2 Å². The summed E-state index contributed by atoms with van der Waals surface area (Å²) in [5.74, 6) is -1.02. The van der Waals surface area contributed by atoms with Crippen LogP contribution < -0.4 is 0 Å². The zero-order valence-corrected chi connectivity index (χ0v) is 10.0. The van der Waals surface area contributed by atoms with Crippen LogP contribution in [0.5, 0.6) is 0 Å². The van der Waals surface area contributed by atoms with Crippen molar-refractivity contribution in [3.8, 4) is 0 Å². The van der Waals surface area contributed by atoms with E-state index < -0.39 is 12.0 Å². The summed E-state index contributed by atoms with van der Waals surface area (Å²) >= 11 is 0. The second kappa shape index (κ2) is 5.49. The molecule has 0 aliphatic carbocycles. The van der Waals surface area contributed by atoms with Gasteiger partial charge in [-0.3, -0.25) is 9.59 Å². The van der Waals surface area contributed by atoms with E-state index in [1.807, 2.05) is 6.92 Å². The van der Waals surface area contributed by atoms with Crippen LogP contribution in [-0.2, 0) is 23.8 Å². The third-order valence-electron chi connectivity index (χ3n) is 3.29. The quantitative estimate of drug-likeness (QED) is 0.643. The third-order valence-corrected chi connectivity index (χ3v) is 3.29. The van der Waals surface area contributed by atoms with E-state index in [0.29, 0.717) is 19.4 Å². The highest BCUT2D eigenvalue weighted by molar-refractivity contribution is 5.75. The summed E-state index contributed by atoms with van der Waals surface area (Å²) in [6, 6.07) is 0. The Morgan fingerprint density at radius 3 is 2.82 bits per heavy atom. The number of cyclic esters (lactones) is 2. The second-order valence-electron chi connectivity index (χ2n) is 4.54. The molecular formula is C12H18O5. The fraction of sp³-hybridized carbons (Fsp3) is 0.833. The summed E-state index contributed by atoms with van der Waals surface area (Å²) in [6.45, 7) is 2.51. The lowest BCUT2D eigenvalue weighted by Crippen LogP contribution is -2.39. The van der Waals surface area contributed by atoms with Gasteiger partial charge in [0.05, 0.1) is 12.7 Å². The molecule has 0 radical (unpaired) electrons. The Kier molecular flexibility index (Phi) is 3.99. The Morgan fingerprint density at radius 2 is 2.00 bits per heavy atom. The van der Waals surface area contributed by atoms with Crippen molar-refractivity contribution >= 4 is 11.9 Å². The Labute approximate surface area is 100 Å². The molecule has 2 heterocycles. The van der Waals surface area contributed by atoms with E-state index in [9.17, 15) is 9.59 Å². The molecule has 96 valence electrons. The molecule has 5 nitrogen and oxygen atoms in total. The van der Waals surface area contributed by atoms with Crippen LogP contribution in [0, 0.1) is 5.92 Å². The first-order chi connectivity index (χ1) is 8.18. The molecular weight excluding hydrogens is 224 g/mol. The van der Waals surface area contributed by atoms with Gasteiger partial charge in [0.1, 0.15) is 18.6 Å². The molecule has 0 amide bonds. The zero-order chi connectivity index (χ0) is 12.3. The molecule has 0 saturated carbocycles. The minimum Gasteiger partial charge on any atom is -0.463 e. The van der Waals surface area contributed by atoms with Gasteiger partial charge in [0.2, 0.25) is 0 Å². The number of rotatable bonds is 1. The molecule has 3 unspecified atom stereocenters. The Morgan fingerprint density at radius 1 is 1.18 bits per heavy atom. The number of ether oxygens (including phenoxy) is 3. The van der Waals surface area contributed by atoms with E-state index in [1.165, 1.54) is 0 Å². The number of carbonyl (C=O) groups excluding carboxylic acids is 2. The van der Waals surface area contributed by atoms with Crippen molar-refractivity contribution < 1.29 is 23.8 Å². The summed E-state index contributed by atoms with van der Waals surface area (Å²) in [4.78, 5) is 23.3. The first-order valence-electron chi connectivity index (χ1n) is 6.16. The molecule has 2 aliphatic rings. The minimum atomic E-state index is -0.487. The number of carbonyl (C=O) groups is 2. The van der Waals surface area contributed by atoms with Gasteiger partial charge in [-0.2, -0.15) is 0 Å².